The Balaban J connectivity index is 1.33. The molecule has 2 fully saturated rings. The quantitative estimate of drug-likeness (QED) is 0.492. The van der Waals surface area contributed by atoms with Crippen LogP contribution in [-0.2, 0) is 23.2 Å². The molecule has 2 aromatic rings. The molecule has 1 heterocycles. The highest BCUT2D eigenvalue weighted by molar-refractivity contribution is 5.69. The van der Waals surface area contributed by atoms with Gasteiger partial charge < -0.3 is 20.3 Å². The highest BCUT2D eigenvalue weighted by Gasteiger charge is 2.54. The van der Waals surface area contributed by atoms with Crippen molar-refractivity contribution >= 4 is 11.7 Å². The van der Waals surface area contributed by atoms with Gasteiger partial charge in [-0.2, -0.15) is 13.2 Å². The Labute approximate surface area is 195 Å². The van der Waals surface area contributed by atoms with Gasteiger partial charge in [0.1, 0.15) is 18.0 Å². The summed E-state index contributed by atoms with van der Waals surface area (Å²) in [6.07, 6.45) is 0.110. The van der Waals surface area contributed by atoms with Gasteiger partial charge in [0, 0.05) is 11.3 Å². The second-order valence-corrected chi connectivity index (χ2v) is 9.84. The van der Waals surface area contributed by atoms with Gasteiger partial charge in [-0.15, -0.1) is 0 Å². The first kappa shape index (κ1) is 23.0. The zero-order chi connectivity index (χ0) is 24.1. The summed E-state index contributed by atoms with van der Waals surface area (Å²) in [7, 11) is 0. The number of rotatable bonds is 6. The van der Waals surface area contributed by atoms with Gasteiger partial charge in [-0.1, -0.05) is 25.0 Å². The van der Waals surface area contributed by atoms with Crippen molar-refractivity contribution in [1.82, 2.24) is 0 Å². The lowest BCUT2D eigenvalue weighted by molar-refractivity contribution is -0.139. The number of nitrogens with one attached hydrogen (secondary N) is 1. The van der Waals surface area contributed by atoms with Crippen molar-refractivity contribution in [3.8, 4) is 5.75 Å². The molecule has 5 nitrogen and oxygen atoms in total. The van der Waals surface area contributed by atoms with E-state index in [1.165, 1.54) is 6.07 Å². The number of alkyl halides is 3. The number of halogens is 3. The van der Waals surface area contributed by atoms with Crippen LogP contribution in [0.1, 0.15) is 73.1 Å². The summed E-state index contributed by atoms with van der Waals surface area (Å²) in [5.41, 5.74) is 0.438. The van der Waals surface area contributed by atoms with Crippen molar-refractivity contribution in [3.63, 3.8) is 0 Å². The van der Waals surface area contributed by atoms with Crippen molar-refractivity contribution in [1.29, 1.82) is 0 Å². The van der Waals surface area contributed by atoms with Crippen molar-refractivity contribution in [2.45, 2.75) is 75.3 Å². The number of aliphatic hydroxyl groups is 1. The predicted molar refractivity (Wildman–Crippen MR) is 120 cm³/mol. The fraction of sp³-hybridized carbons (Fsp3) is 0.500. The van der Waals surface area contributed by atoms with E-state index in [1.54, 1.807) is 30.3 Å². The Morgan fingerprint density at radius 1 is 1.12 bits per heavy atom. The van der Waals surface area contributed by atoms with Gasteiger partial charge in [0.2, 0.25) is 0 Å². The highest BCUT2D eigenvalue weighted by atomic mass is 19.4. The van der Waals surface area contributed by atoms with Crippen molar-refractivity contribution < 1.29 is 32.9 Å². The fourth-order valence-corrected chi connectivity index (χ4v) is 6.06. The average Bonchev–Trinajstić information content (AvgIpc) is 3.48. The van der Waals surface area contributed by atoms with Crippen LogP contribution >= 0.6 is 0 Å². The van der Waals surface area contributed by atoms with Crippen LogP contribution in [0, 0.1) is 5.92 Å². The molecule has 0 aromatic heterocycles. The van der Waals surface area contributed by atoms with Gasteiger partial charge in [-0.05, 0) is 72.9 Å². The van der Waals surface area contributed by atoms with E-state index in [1.807, 2.05) is 0 Å². The molecule has 8 heteroatoms. The van der Waals surface area contributed by atoms with Gasteiger partial charge in [0.15, 0.2) is 0 Å². The lowest BCUT2D eigenvalue weighted by Gasteiger charge is -2.25. The van der Waals surface area contributed by atoms with Crippen LogP contribution < -0.4 is 10.1 Å². The Morgan fingerprint density at radius 2 is 1.88 bits per heavy atom. The molecule has 3 aliphatic rings. The topological polar surface area (TPSA) is 78.8 Å². The Hall–Kier alpha value is -2.74. The zero-order valence-electron chi connectivity index (χ0n) is 18.7. The first-order valence-corrected chi connectivity index (χ1v) is 11.8. The molecule has 2 aliphatic carbocycles. The van der Waals surface area contributed by atoms with Crippen molar-refractivity contribution in [2.75, 3.05) is 5.32 Å². The van der Waals surface area contributed by atoms with E-state index in [0.717, 1.165) is 31.4 Å². The molecule has 0 radical (unpaired) electrons. The molecule has 0 amide bonds. The first-order valence-electron chi connectivity index (χ1n) is 11.8. The van der Waals surface area contributed by atoms with Gasteiger partial charge in [-0.3, -0.25) is 4.79 Å². The number of ether oxygens (including phenoxy) is 1. The van der Waals surface area contributed by atoms with Crippen LogP contribution in [0.3, 0.4) is 0 Å². The number of carboxylic acid groups (broad SMARTS) is 1. The Kier molecular flexibility index (Phi) is 5.74. The molecule has 3 N–H and O–H groups in total. The molecule has 2 saturated carbocycles. The van der Waals surface area contributed by atoms with E-state index in [4.69, 9.17) is 9.84 Å². The summed E-state index contributed by atoms with van der Waals surface area (Å²) >= 11 is 0. The number of benzene rings is 2. The lowest BCUT2D eigenvalue weighted by Crippen LogP contribution is -2.37. The number of fused-ring (bicyclic) bond motifs is 3. The lowest BCUT2D eigenvalue weighted by atomic mass is 9.89. The van der Waals surface area contributed by atoms with Crippen molar-refractivity contribution in [2.24, 2.45) is 5.92 Å². The highest BCUT2D eigenvalue weighted by Crippen LogP contribution is 2.52. The molecule has 3 atom stereocenters. The fourth-order valence-electron chi connectivity index (χ4n) is 6.06. The largest absolute Gasteiger partial charge is 0.489 e. The van der Waals surface area contributed by atoms with Crippen LogP contribution in [-0.4, -0.2) is 22.2 Å². The van der Waals surface area contributed by atoms with Gasteiger partial charge in [0.05, 0.1) is 18.0 Å². The van der Waals surface area contributed by atoms with Crippen LogP contribution in [0.5, 0.6) is 5.75 Å². The van der Waals surface area contributed by atoms with E-state index >= 15 is 0 Å². The summed E-state index contributed by atoms with van der Waals surface area (Å²) in [6.45, 7) is -0.0241. The molecule has 34 heavy (non-hydrogen) atoms. The number of aliphatic carboxylic acids is 1. The molecular formula is C26H28F3NO4. The normalized spacial score (nSPS) is 26.2. The summed E-state index contributed by atoms with van der Waals surface area (Å²) in [6, 6.07) is 9.30. The van der Waals surface area contributed by atoms with E-state index < -0.39 is 23.3 Å². The molecule has 0 bridgehead atoms. The van der Waals surface area contributed by atoms with E-state index in [2.05, 4.69) is 5.32 Å². The maximum atomic E-state index is 13.8. The second kappa shape index (κ2) is 8.48. The summed E-state index contributed by atoms with van der Waals surface area (Å²) in [5, 5.41) is 23.7. The molecule has 0 spiro atoms. The van der Waals surface area contributed by atoms with E-state index in [9.17, 15) is 23.1 Å². The monoisotopic (exact) mass is 475 g/mol. The molecular weight excluding hydrogens is 447 g/mol. The number of carboxylic acids is 1. The molecule has 2 aromatic carbocycles. The van der Waals surface area contributed by atoms with Crippen LogP contribution in [0.25, 0.3) is 0 Å². The smallest absolute Gasteiger partial charge is 0.416 e. The van der Waals surface area contributed by atoms with Crippen LogP contribution in [0.2, 0.25) is 0 Å². The number of carbonyl (C=O) groups is 1. The molecule has 5 rings (SSSR count). The number of hydrogen-bond donors (Lipinski definition) is 3. The predicted octanol–water partition coefficient (Wildman–Crippen LogP) is 5.81. The van der Waals surface area contributed by atoms with Crippen LogP contribution in [0.15, 0.2) is 36.4 Å². The minimum atomic E-state index is -4.42. The maximum Gasteiger partial charge on any atom is 0.416 e. The van der Waals surface area contributed by atoms with E-state index in [0.29, 0.717) is 35.3 Å². The standard InChI is InChI=1S/C26H28F3NO4/c27-26(28,29)20-11-15(5-7-19(20)16-3-1-2-4-16)14-34-18-6-8-22-21(13-18)25(33)10-9-17(12-23(31)32)24(25)30-22/h5-8,11,13,16-17,24,30,33H,1-4,9-10,12,14H2,(H,31,32)/t17-,24?,25+/m1/s1. The maximum absolute atomic E-state index is 13.8. The van der Waals surface area contributed by atoms with Crippen LogP contribution in [0.4, 0.5) is 18.9 Å². The third-order valence-corrected chi connectivity index (χ3v) is 7.71. The van der Waals surface area contributed by atoms with Crippen molar-refractivity contribution in [3.05, 3.63) is 58.7 Å². The van der Waals surface area contributed by atoms with Gasteiger partial charge in [0.25, 0.3) is 0 Å². The Morgan fingerprint density at radius 3 is 2.59 bits per heavy atom. The molecule has 1 unspecified atom stereocenters. The molecule has 1 aliphatic heterocycles. The first-order chi connectivity index (χ1) is 16.1. The SMILES string of the molecule is O=C(O)C[C@H]1CC[C@]2(O)c3cc(OCc4ccc(C5CCCC5)c(C(F)(F)F)c4)ccc3NC12. The third kappa shape index (κ3) is 4.13. The minimum Gasteiger partial charge on any atom is -0.489 e. The van der Waals surface area contributed by atoms with Gasteiger partial charge >= 0.3 is 12.1 Å². The summed E-state index contributed by atoms with van der Waals surface area (Å²) in [5.74, 6) is -0.669. The average molecular weight is 476 g/mol. The molecule has 0 saturated heterocycles. The number of hydrogen-bond acceptors (Lipinski definition) is 4. The summed E-state index contributed by atoms with van der Waals surface area (Å²) in [4.78, 5) is 11.2. The molecule has 182 valence electrons. The second-order valence-electron chi connectivity index (χ2n) is 9.84. The number of anilines is 1. The minimum absolute atomic E-state index is 0.0181. The summed E-state index contributed by atoms with van der Waals surface area (Å²) < 4.78 is 47.1. The van der Waals surface area contributed by atoms with Gasteiger partial charge in [-0.25, -0.2) is 0 Å². The third-order valence-electron chi connectivity index (χ3n) is 7.71. The zero-order valence-corrected chi connectivity index (χ0v) is 18.7. The van der Waals surface area contributed by atoms with E-state index in [-0.39, 0.29) is 30.9 Å². The Bertz CT molecular complexity index is 1100.